The van der Waals surface area contributed by atoms with Crippen LogP contribution in [0, 0.1) is 10.1 Å². The van der Waals surface area contributed by atoms with Crippen molar-refractivity contribution in [3.05, 3.63) is 130 Å². The smallest absolute Gasteiger partial charge is 0.269 e. The SMILES string of the molecule is COc1ccc(C[n+]2ccc(Cc3cc[n+](Cc4ccc([N+](=O)[O-])cc4)cc3)cc2)cc1. The molecule has 32 heavy (non-hydrogen) atoms. The van der Waals surface area contributed by atoms with Crippen molar-refractivity contribution in [1.29, 1.82) is 0 Å². The van der Waals surface area contributed by atoms with Crippen LogP contribution in [0.1, 0.15) is 22.3 Å². The molecule has 0 N–H and O–H groups in total. The van der Waals surface area contributed by atoms with E-state index in [1.807, 2.05) is 24.5 Å². The maximum atomic E-state index is 10.8. The number of ether oxygens (including phenoxy) is 1. The van der Waals surface area contributed by atoms with Gasteiger partial charge in [0.1, 0.15) is 5.75 Å². The van der Waals surface area contributed by atoms with Crippen molar-refractivity contribution in [2.45, 2.75) is 19.5 Å². The summed E-state index contributed by atoms with van der Waals surface area (Å²) < 4.78 is 9.44. The number of hydrogen-bond acceptors (Lipinski definition) is 3. The fourth-order valence-corrected chi connectivity index (χ4v) is 3.53. The molecule has 0 unspecified atom stereocenters. The van der Waals surface area contributed by atoms with Gasteiger partial charge in [-0.25, -0.2) is 9.13 Å². The van der Waals surface area contributed by atoms with Crippen molar-refractivity contribution in [3.8, 4) is 5.75 Å². The average Bonchev–Trinajstić information content (AvgIpc) is 2.82. The van der Waals surface area contributed by atoms with E-state index in [-0.39, 0.29) is 10.6 Å². The Hall–Kier alpha value is -4.06. The third-order valence-corrected chi connectivity index (χ3v) is 5.37. The summed E-state index contributed by atoms with van der Waals surface area (Å²) in [5, 5.41) is 10.8. The van der Waals surface area contributed by atoms with E-state index in [1.54, 1.807) is 31.4 Å². The monoisotopic (exact) mass is 427 g/mol. The zero-order chi connectivity index (χ0) is 22.3. The maximum absolute atomic E-state index is 10.8. The second-order valence-corrected chi connectivity index (χ2v) is 7.71. The molecular formula is C26H25N3O3+2. The Morgan fingerprint density at radius 1 is 0.688 bits per heavy atom. The molecule has 6 heteroatoms. The molecule has 0 radical (unpaired) electrons. The molecule has 2 aromatic carbocycles. The van der Waals surface area contributed by atoms with E-state index in [2.05, 4.69) is 57.9 Å². The first kappa shape index (κ1) is 21.2. The van der Waals surface area contributed by atoms with Gasteiger partial charge in [0.2, 0.25) is 0 Å². The van der Waals surface area contributed by atoms with E-state index < -0.39 is 0 Å². The molecule has 2 aromatic heterocycles. The molecule has 0 aliphatic heterocycles. The van der Waals surface area contributed by atoms with E-state index >= 15 is 0 Å². The van der Waals surface area contributed by atoms with Crippen LogP contribution >= 0.6 is 0 Å². The summed E-state index contributed by atoms with van der Waals surface area (Å²) in [5.74, 6) is 0.867. The predicted molar refractivity (Wildman–Crippen MR) is 120 cm³/mol. The van der Waals surface area contributed by atoms with E-state index in [1.165, 1.54) is 16.7 Å². The van der Waals surface area contributed by atoms with Crippen molar-refractivity contribution in [1.82, 2.24) is 0 Å². The number of benzene rings is 2. The van der Waals surface area contributed by atoms with Crippen molar-refractivity contribution in [3.63, 3.8) is 0 Å². The van der Waals surface area contributed by atoms with Gasteiger partial charge in [0.05, 0.1) is 12.0 Å². The number of rotatable bonds is 8. The van der Waals surface area contributed by atoms with Gasteiger partial charge in [0, 0.05) is 47.5 Å². The first-order valence-corrected chi connectivity index (χ1v) is 10.4. The number of nitro groups is 1. The molecule has 0 aliphatic rings. The van der Waals surface area contributed by atoms with E-state index in [9.17, 15) is 10.1 Å². The summed E-state index contributed by atoms with van der Waals surface area (Å²) in [6, 6.07) is 23.3. The normalized spacial score (nSPS) is 10.7. The van der Waals surface area contributed by atoms with Gasteiger partial charge in [0.25, 0.3) is 5.69 Å². The number of methoxy groups -OCH3 is 1. The summed E-state index contributed by atoms with van der Waals surface area (Å²) in [4.78, 5) is 10.4. The largest absolute Gasteiger partial charge is 0.497 e. The van der Waals surface area contributed by atoms with Gasteiger partial charge in [-0.15, -0.1) is 0 Å². The van der Waals surface area contributed by atoms with Crippen molar-refractivity contribution in [2.75, 3.05) is 7.11 Å². The van der Waals surface area contributed by atoms with Crippen LogP contribution in [0.4, 0.5) is 5.69 Å². The molecule has 0 saturated carbocycles. The van der Waals surface area contributed by atoms with Crippen LogP contribution in [0.15, 0.2) is 97.6 Å². The quantitative estimate of drug-likeness (QED) is 0.244. The molecule has 0 amide bonds. The number of aromatic nitrogens is 2. The molecule has 160 valence electrons. The fraction of sp³-hybridized carbons (Fsp3) is 0.154. The summed E-state index contributed by atoms with van der Waals surface area (Å²) in [7, 11) is 1.67. The fourth-order valence-electron chi connectivity index (χ4n) is 3.53. The molecule has 2 heterocycles. The van der Waals surface area contributed by atoms with Crippen LogP contribution in [0.5, 0.6) is 5.75 Å². The number of pyridine rings is 2. The van der Waals surface area contributed by atoms with Crippen LogP contribution in [-0.4, -0.2) is 12.0 Å². The third kappa shape index (κ3) is 5.55. The van der Waals surface area contributed by atoms with Crippen LogP contribution in [0.25, 0.3) is 0 Å². The van der Waals surface area contributed by atoms with Crippen LogP contribution < -0.4 is 13.9 Å². The summed E-state index contributed by atoms with van der Waals surface area (Å²) in [6.07, 6.45) is 9.17. The Kier molecular flexibility index (Phi) is 6.51. The molecule has 0 saturated heterocycles. The number of nitro benzene ring substituents is 1. The Morgan fingerprint density at radius 2 is 1.12 bits per heavy atom. The minimum absolute atomic E-state index is 0.113. The van der Waals surface area contributed by atoms with Crippen LogP contribution in [-0.2, 0) is 19.5 Å². The Morgan fingerprint density at radius 3 is 1.53 bits per heavy atom. The van der Waals surface area contributed by atoms with E-state index in [4.69, 9.17) is 4.74 Å². The lowest BCUT2D eigenvalue weighted by molar-refractivity contribution is -0.688. The van der Waals surface area contributed by atoms with Gasteiger partial charge in [-0.3, -0.25) is 10.1 Å². The summed E-state index contributed by atoms with van der Waals surface area (Å²) >= 11 is 0. The van der Waals surface area contributed by atoms with E-state index in [0.717, 1.165) is 24.3 Å². The van der Waals surface area contributed by atoms with Crippen LogP contribution in [0.3, 0.4) is 0 Å². The minimum Gasteiger partial charge on any atom is -0.497 e. The highest BCUT2D eigenvalue weighted by atomic mass is 16.6. The number of non-ortho nitro benzene ring substituents is 1. The Balaban J connectivity index is 1.34. The third-order valence-electron chi connectivity index (χ3n) is 5.37. The number of hydrogen-bond donors (Lipinski definition) is 0. The Bertz CT molecular complexity index is 1170. The van der Waals surface area contributed by atoms with Gasteiger partial charge < -0.3 is 4.74 Å². The molecule has 4 rings (SSSR count). The highest BCUT2D eigenvalue weighted by Gasteiger charge is 2.09. The van der Waals surface area contributed by atoms with Gasteiger partial charge in [-0.2, -0.15) is 0 Å². The van der Waals surface area contributed by atoms with Gasteiger partial charge in [-0.05, 0) is 53.9 Å². The van der Waals surface area contributed by atoms with Crippen molar-refractivity contribution >= 4 is 5.69 Å². The molecule has 0 aliphatic carbocycles. The summed E-state index contributed by atoms with van der Waals surface area (Å²) in [6.45, 7) is 1.49. The highest BCUT2D eigenvalue weighted by molar-refractivity contribution is 5.32. The van der Waals surface area contributed by atoms with Crippen molar-refractivity contribution in [2.24, 2.45) is 0 Å². The second-order valence-electron chi connectivity index (χ2n) is 7.71. The van der Waals surface area contributed by atoms with Gasteiger partial charge in [-0.1, -0.05) is 0 Å². The molecule has 0 bridgehead atoms. The molecule has 0 atom stereocenters. The zero-order valence-corrected chi connectivity index (χ0v) is 17.9. The maximum Gasteiger partial charge on any atom is 0.269 e. The highest BCUT2D eigenvalue weighted by Crippen LogP contribution is 2.13. The Labute approximate surface area is 187 Å². The lowest BCUT2D eigenvalue weighted by Gasteiger charge is -2.03. The standard InChI is InChI=1S/C26H25N3O3/c1-32-26-8-4-24(5-9-26)20-28-16-12-22(13-17-28)18-21-10-14-27(15-11-21)19-23-2-6-25(7-3-23)29(30)31/h2-17H,18-20H2,1H3/q+2. The second kappa shape index (κ2) is 9.83. The zero-order valence-electron chi connectivity index (χ0n) is 17.9. The number of nitrogens with zero attached hydrogens (tertiary/aromatic N) is 3. The lowest BCUT2D eigenvalue weighted by Crippen LogP contribution is -2.33. The molecule has 6 nitrogen and oxygen atoms in total. The van der Waals surface area contributed by atoms with Gasteiger partial charge >= 0.3 is 0 Å². The first-order valence-electron chi connectivity index (χ1n) is 10.4. The molecule has 0 spiro atoms. The van der Waals surface area contributed by atoms with E-state index in [0.29, 0.717) is 6.54 Å². The molecule has 0 fully saturated rings. The summed E-state index contributed by atoms with van der Waals surface area (Å²) in [5.41, 5.74) is 4.85. The predicted octanol–water partition coefficient (Wildman–Crippen LogP) is 3.87. The minimum atomic E-state index is -0.379. The lowest BCUT2D eigenvalue weighted by atomic mass is 10.1. The van der Waals surface area contributed by atoms with Crippen molar-refractivity contribution < 1.29 is 18.8 Å². The van der Waals surface area contributed by atoms with Gasteiger partial charge in [0.15, 0.2) is 37.9 Å². The molecule has 4 aromatic rings. The first-order chi connectivity index (χ1) is 15.6. The molecular weight excluding hydrogens is 402 g/mol. The topological polar surface area (TPSA) is 60.1 Å². The van der Waals surface area contributed by atoms with Crippen LogP contribution in [0.2, 0.25) is 0 Å². The average molecular weight is 428 g/mol.